The van der Waals surface area contributed by atoms with E-state index in [0.29, 0.717) is 60.1 Å². The van der Waals surface area contributed by atoms with Crippen molar-refractivity contribution in [2.45, 2.75) is 69.0 Å². The summed E-state index contributed by atoms with van der Waals surface area (Å²) in [5.41, 5.74) is 2.65. The van der Waals surface area contributed by atoms with Gasteiger partial charge >= 0.3 is 0 Å². The molecule has 1 aromatic heterocycles. The molecule has 0 spiro atoms. The van der Waals surface area contributed by atoms with Gasteiger partial charge in [0, 0.05) is 55.2 Å². The van der Waals surface area contributed by atoms with E-state index in [1.54, 1.807) is 6.20 Å². The Kier molecular flexibility index (Phi) is 5.20. The lowest BCUT2D eigenvalue weighted by molar-refractivity contribution is 0.0932. The number of rotatable bonds is 4. The van der Waals surface area contributed by atoms with Crippen LogP contribution in [0.3, 0.4) is 0 Å². The van der Waals surface area contributed by atoms with Crippen molar-refractivity contribution in [1.29, 1.82) is 0 Å². The summed E-state index contributed by atoms with van der Waals surface area (Å²) in [6.45, 7) is 2.18. The number of hydrogen-bond donors (Lipinski definition) is 3. The van der Waals surface area contributed by atoms with Crippen molar-refractivity contribution in [3.05, 3.63) is 52.0 Å². The summed E-state index contributed by atoms with van der Waals surface area (Å²) < 4.78 is 44.1. The second-order valence-electron chi connectivity index (χ2n) is 11.2. The van der Waals surface area contributed by atoms with E-state index in [-0.39, 0.29) is 36.0 Å². The van der Waals surface area contributed by atoms with Gasteiger partial charge < -0.3 is 20.9 Å². The number of carbonyl (C=O) groups is 1. The number of piperazine rings is 1. The van der Waals surface area contributed by atoms with Crippen LogP contribution in [0.5, 0.6) is 0 Å². The molecule has 7 rings (SSSR count). The molecule has 1 amide bonds. The third-order valence-corrected chi connectivity index (χ3v) is 8.85. The zero-order valence-corrected chi connectivity index (χ0v) is 20.0. The highest BCUT2D eigenvalue weighted by atomic mass is 19.3. The molecule has 5 atom stereocenters. The molecule has 9 heteroatoms. The quantitative estimate of drug-likeness (QED) is 0.598. The summed E-state index contributed by atoms with van der Waals surface area (Å²) in [5, 5.41) is 9.83. The molecule has 5 aliphatic rings. The number of carbonyl (C=O) groups excluding carboxylic acids is 1. The summed E-state index contributed by atoms with van der Waals surface area (Å²) in [4.78, 5) is 19.4. The van der Waals surface area contributed by atoms with Crippen LogP contribution < -0.4 is 20.9 Å². The second kappa shape index (κ2) is 8.36. The number of hydrogen-bond acceptors (Lipinski definition) is 5. The second-order valence-corrected chi connectivity index (χ2v) is 11.2. The first-order valence-corrected chi connectivity index (χ1v) is 13.1. The number of aromatic nitrogens is 1. The fourth-order valence-electron chi connectivity index (χ4n) is 6.93. The molecule has 2 aliphatic carbocycles. The molecular weight excluding hydrogens is 467 g/mol. The Bertz CT molecular complexity index is 1220. The van der Waals surface area contributed by atoms with Crippen molar-refractivity contribution in [1.82, 2.24) is 15.6 Å². The minimum absolute atomic E-state index is 0.0251. The first kappa shape index (κ1) is 22.4. The lowest BCUT2D eigenvalue weighted by atomic mass is 9.83. The van der Waals surface area contributed by atoms with Crippen molar-refractivity contribution < 1.29 is 18.0 Å². The molecule has 2 aromatic rings. The van der Waals surface area contributed by atoms with E-state index in [1.807, 2.05) is 11.0 Å². The van der Waals surface area contributed by atoms with E-state index in [1.165, 1.54) is 6.07 Å². The van der Waals surface area contributed by atoms with E-state index in [2.05, 4.69) is 20.9 Å². The van der Waals surface area contributed by atoms with E-state index in [9.17, 15) is 13.6 Å². The number of anilines is 2. The number of nitrogens with one attached hydrogen (secondary N) is 3. The van der Waals surface area contributed by atoms with Gasteiger partial charge in [-0.15, -0.1) is 0 Å². The molecule has 3 aliphatic heterocycles. The molecule has 0 radical (unpaired) electrons. The molecule has 2 bridgehead atoms. The Hall–Kier alpha value is -2.81. The van der Waals surface area contributed by atoms with E-state index in [0.717, 1.165) is 37.2 Å². The van der Waals surface area contributed by atoms with Gasteiger partial charge in [0.1, 0.15) is 11.6 Å². The maximum absolute atomic E-state index is 15.4. The molecule has 190 valence electrons. The summed E-state index contributed by atoms with van der Waals surface area (Å²) in [5.74, 6) is 1.26. The monoisotopic (exact) mass is 497 g/mol. The number of nitrogens with zero attached hydrogens (tertiary/aromatic N) is 2. The highest BCUT2D eigenvalue weighted by Crippen LogP contribution is 2.52. The highest BCUT2D eigenvalue weighted by Gasteiger charge is 2.43. The Morgan fingerprint density at radius 2 is 1.94 bits per heavy atom. The Morgan fingerprint density at radius 3 is 2.72 bits per heavy atom. The summed E-state index contributed by atoms with van der Waals surface area (Å²) in [7, 11) is 0. The smallest absolute Gasteiger partial charge is 0.266 e. The average molecular weight is 498 g/mol. The topological polar surface area (TPSA) is 69.3 Å². The normalized spacial score (nSPS) is 29.8. The van der Waals surface area contributed by atoms with E-state index < -0.39 is 12.2 Å². The maximum atomic E-state index is 15.4. The number of alkyl halides is 2. The molecule has 3 N–H and O–H groups in total. The third kappa shape index (κ3) is 3.74. The average Bonchev–Trinajstić information content (AvgIpc) is 3.60. The van der Waals surface area contributed by atoms with Crippen LogP contribution in [0.4, 0.5) is 24.7 Å². The zero-order valence-electron chi connectivity index (χ0n) is 20.0. The summed E-state index contributed by atoms with van der Waals surface area (Å²) in [6.07, 6.45) is 3.10. The molecule has 1 aromatic carbocycles. The number of fused-ring (bicyclic) bond motifs is 6. The number of pyridine rings is 1. The van der Waals surface area contributed by atoms with Gasteiger partial charge in [-0.2, -0.15) is 0 Å². The summed E-state index contributed by atoms with van der Waals surface area (Å²) >= 11 is 0. The molecule has 3 fully saturated rings. The van der Waals surface area contributed by atoms with Gasteiger partial charge in [-0.1, -0.05) is 0 Å². The fraction of sp³-hybridized carbons (Fsp3) is 0.556. The lowest BCUT2D eigenvalue weighted by Crippen LogP contribution is -2.51. The van der Waals surface area contributed by atoms with Crippen molar-refractivity contribution >= 4 is 17.4 Å². The van der Waals surface area contributed by atoms with Gasteiger partial charge in [0.2, 0.25) is 0 Å². The van der Waals surface area contributed by atoms with Crippen molar-refractivity contribution in [3.63, 3.8) is 0 Å². The lowest BCUT2D eigenvalue weighted by Gasteiger charge is -2.37. The predicted molar refractivity (Wildman–Crippen MR) is 130 cm³/mol. The van der Waals surface area contributed by atoms with Crippen LogP contribution in [0.25, 0.3) is 0 Å². The standard InChI is InChI=1S/C27H30F3N5O/c28-22-8-23(35-11-16-1-2-17(12-35)33-16)24(25(29)30)18-4-3-15(7-20(18)22)34-27(36)14-6-21-19-5-13(19)9-31-26(21)32-10-14/h6,8,10,13,15-17,19,25,33H,1-5,7,9,11-12H2,(H,31,32)(H,34,36)/t13-,15-,16?,17?,19-/m0/s1. The van der Waals surface area contributed by atoms with Gasteiger partial charge in [-0.05, 0) is 79.2 Å². The van der Waals surface area contributed by atoms with Gasteiger partial charge in [0.05, 0.1) is 5.56 Å². The Balaban J connectivity index is 1.12. The largest absolute Gasteiger partial charge is 0.370 e. The highest BCUT2D eigenvalue weighted by molar-refractivity contribution is 5.94. The predicted octanol–water partition coefficient (Wildman–Crippen LogP) is 3.92. The van der Waals surface area contributed by atoms with Crippen LogP contribution in [0.2, 0.25) is 0 Å². The number of halogens is 3. The zero-order chi connectivity index (χ0) is 24.6. The Morgan fingerprint density at radius 1 is 1.14 bits per heavy atom. The SMILES string of the molecule is O=C(N[C@H]1CCc2c(c(F)cc(N3CC4CCC(C3)N4)c2C(F)F)C1)c1cnc2c(c1)[C@H]1C[C@H]1CN2. The first-order valence-electron chi connectivity index (χ1n) is 13.1. The minimum Gasteiger partial charge on any atom is -0.370 e. The molecule has 2 saturated heterocycles. The molecule has 1 saturated carbocycles. The van der Waals surface area contributed by atoms with Crippen molar-refractivity contribution in [2.24, 2.45) is 5.92 Å². The maximum Gasteiger partial charge on any atom is 0.266 e. The Labute approximate surface area is 208 Å². The molecule has 6 nitrogen and oxygen atoms in total. The van der Waals surface area contributed by atoms with Crippen molar-refractivity contribution in [2.75, 3.05) is 29.9 Å². The number of benzene rings is 1. The van der Waals surface area contributed by atoms with Crippen LogP contribution in [0.15, 0.2) is 18.3 Å². The fourth-order valence-corrected chi connectivity index (χ4v) is 6.93. The third-order valence-electron chi connectivity index (χ3n) is 8.85. The van der Waals surface area contributed by atoms with Gasteiger partial charge in [-0.25, -0.2) is 18.2 Å². The van der Waals surface area contributed by atoms with Crippen LogP contribution in [0.1, 0.15) is 70.6 Å². The van der Waals surface area contributed by atoms with E-state index in [4.69, 9.17) is 0 Å². The molecule has 4 heterocycles. The van der Waals surface area contributed by atoms with Gasteiger partial charge in [0.15, 0.2) is 0 Å². The van der Waals surface area contributed by atoms with Crippen LogP contribution in [0, 0.1) is 11.7 Å². The van der Waals surface area contributed by atoms with Crippen LogP contribution >= 0.6 is 0 Å². The van der Waals surface area contributed by atoms with Crippen LogP contribution in [-0.4, -0.2) is 48.7 Å². The van der Waals surface area contributed by atoms with Gasteiger partial charge in [-0.3, -0.25) is 4.79 Å². The number of amides is 1. The minimum atomic E-state index is -2.67. The van der Waals surface area contributed by atoms with Crippen molar-refractivity contribution in [3.8, 4) is 0 Å². The first-order chi connectivity index (χ1) is 17.4. The summed E-state index contributed by atoms with van der Waals surface area (Å²) in [6, 6.07) is 3.45. The molecular formula is C27H30F3N5O. The molecule has 2 unspecified atom stereocenters. The van der Waals surface area contributed by atoms with Gasteiger partial charge in [0.25, 0.3) is 12.3 Å². The van der Waals surface area contributed by atoms with Crippen LogP contribution in [-0.2, 0) is 12.8 Å². The molecule has 36 heavy (non-hydrogen) atoms. The van der Waals surface area contributed by atoms with E-state index >= 15 is 4.39 Å².